The predicted molar refractivity (Wildman–Crippen MR) is 72.6 cm³/mol. The van der Waals surface area contributed by atoms with Crippen LogP contribution in [0.2, 0.25) is 10.0 Å². The fourth-order valence-corrected chi connectivity index (χ4v) is 2.37. The molecule has 2 amide bonds. The summed E-state index contributed by atoms with van der Waals surface area (Å²) in [6.07, 6.45) is 1.27. The Bertz CT molecular complexity index is 511. The summed E-state index contributed by atoms with van der Waals surface area (Å²) in [7, 11) is 0. The number of hydrogen-bond acceptors (Lipinski definition) is 3. The van der Waals surface area contributed by atoms with Gasteiger partial charge in [0.25, 0.3) is 0 Å². The van der Waals surface area contributed by atoms with Gasteiger partial charge in [-0.25, -0.2) is 0 Å². The number of halogens is 2. The van der Waals surface area contributed by atoms with Crippen molar-refractivity contribution in [1.29, 1.82) is 0 Å². The molecule has 102 valence electrons. The molecule has 5 nitrogen and oxygen atoms in total. The van der Waals surface area contributed by atoms with Crippen LogP contribution in [0.25, 0.3) is 0 Å². The zero-order chi connectivity index (χ0) is 14.0. The average Bonchev–Trinajstić information content (AvgIpc) is 2.72. The number of nitrogens with zero attached hydrogens (tertiary/aromatic N) is 1. The van der Waals surface area contributed by atoms with E-state index in [1.165, 1.54) is 17.0 Å². The number of likely N-dealkylation sites (tertiary alicyclic amines) is 1. The first-order valence-corrected chi connectivity index (χ1v) is 6.48. The van der Waals surface area contributed by atoms with E-state index in [0.717, 1.165) is 6.42 Å². The molecule has 0 radical (unpaired) electrons. The maximum Gasteiger partial charge on any atom is 0.243 e. The van der Waals surface area contributed by atoms with E-state index in [-0.39, 0.29) is 34.2 Å². The summed E-state index contributed by atoms with van der Waals surface area (Å²) >= 11 is 11.5. The lowest BCUT2D eigenvalue weighted by atomic mass is 10.3. The Balaban J connectivity index is 2.01. The highest BCUT2D eigenvalue weighted by molar-refractivity contribution is 6.37. The van der Waals surface area contributed by atoms with E-state index in [1.54, 1.807) is 0 Å². The first-order valence-electron chi connectivity index (χ1n) is 5.73. The summed E-state index contributed by atoms with van der Waals surface area (Å²) in [6, 6.07) is 2.79. The maximum atomic E-state index is 11.8. The fraction of sp³-hybridized carbons (Fsp3) is 0.333. The summed E-state index contributed by atoms with van der Waals surface area (Å²) in [5.74, 6) is -0.568. The number of benzene rings is 1. The van der Waals surface area contributed by atoms with Crippen LogP contribution in [0.4, 0.5) is 5.69 Å². The smallest absolute Gasteiger partial charge is 0.243 e. The van der Waals surface area contributed by atoms with Crippen molar-refractivity contribution in [2.24, 2.45) is 0 Å². The Hall–Kier alpha value is -1.46. The molecule has 1 aromatic carbocycles. The molecule has 0 aromatic heterocycles. The highest BCUT2D eigenvalue weighted by atomic mass is 35.5. The SMILES string of the molecule is O=C(CN1CCCC1=O)Nc1cc(Cl)c(O)c(Cl)c1. The molecule has 0 saturated carbocycles. The highest BCUT2D eigenvalue weighted by Crippen LogP contribution is 2.34. The summed E-state index contributed by atoms with van der Waals surface area (Å²) in [5, 5.41) is 12.1. The monoisotopic (exact) mass is 302 g/mol. The minimum absolute atomic E-state index is 0.00888. The van der Waals surface area contributed by atoms with E-state index in [9.17, 15) is 14.7 Å². The molecule has 0 aliphatic carbocycles. The van der Waals surface area contributed by atoms with Gasteiger partial charge in [-0.15, -0.1) is 0 Å². The summed E-state index contributed by atoms with van der Waals surface area (Å²) < 4.78 is 0. The topological polar surface area (TPSA) is 69.6 Å². The van der Waals surface area contributed by atoms with Gasteiger partial charge in [-0.1, -0.05) is 23.2 Å². The molecule has 1 heterocycles. The van der Waals surface area contributed by atoms with Gasteiger partial charge in [0.2, 0.25) is 11.8 Å². The van der Waals surface area contributed by atoms with Crippen molar-refractivity contribution in [1.82, 2.24) is 4.90 Å². The first-order chi connectivity index (χ1) is 8.97. The summed E-state index contributed by atoms with van der Waals surface area (Å²) in [6.45, 7) is 0.609. The van der Waals surface area contributed by atoms with E-state index in [2.05, 4.69) is 5.32 Å². The fourth-order valence-electron chi connectivity index (χ4n) is 1.88. The maximum absolute atomic E-state index is 11.8. The third kappa shape index (κ3) is 3.30. The van der Waals surface area contributed by atoms with Gasteiger partial charge in [-0.2, -0.15) is 0 Å². The van der Waals surface area contributed by atoms with Gasteiger partial charge in [-0.3, -0.25) is 9.59 Å². The number of phenols is 1. The molecule has 1 saturated heterocycles. The summed E-state index contributed by atoms with van der Waals surface area (Å²) in [4.78, 5) is 24.7. The largest absolute Gasteiger partial charge is 0.505 e. The van der Waals surface area contributed by atoms with Crippen molar-refractivity contribution in [3.63, 3.8) is 0 Å². The second-order valence-electron chi connectivity index (χ2n) is 4.26. The van der Waals surface area contributed by atoms with Crippen molar-refractivity contribution in [3.8, 4) is 5.75 Å². The number of amides is 2. The van der Waals surface area contributed by atoms with Crippen LogP contribution >= 0.6 is 23.2 Å². The minimum atomic E-state index is -0.326. The number of anilines is 1. The van der Waals surface area contributed by atoms with Crippen LogP contribution in [0.15, 0.2) is 12.1 Å². The molecule has 1 aromatic rings. The number of carbonyl (C=O) groups excluding carboxylic acids is 2. The molecule has 7 heteroatoms. The number of rotatable bonds is 3. The van der Waals surface area contributed by atoms with Crippen molar-refractivity contribution in [2.75, 3.05) is 18.4 Å². The van der Waals surface area contributed by atoms with Gasteiger partial charge >= 0.3 is 0 Å². The molecule has 0 unspecified atom stereocenters. The van der Waals surface area contributed by atoms with Crippen molar-refractivity contribution < 1.29 is 14.7 Å². The Morgan fingerprint density at radius 1 is 1.37 bits per heavy atom. The van der Waals surface area contributed by atoms with Crippen molar-refractivity contribution >= 4 is 40.7 Å². The zero-order valence-corrected chi connectivity index (χ0v) is 11.5. The minimum Gasteiger partial charge on any atom is -0.505 e. The molecule has 1 aliphatic heterocycles. The molecule has 1 aliphatic rings. The average molecular weight is 303 g/mol. The lowest BCUT2D eigenvalue weighted by Crippen LogP contribution is -2.33. The molecular formula is C12H12Cl2N2O3. The second-order valence-corrected chi connectivity index (χ2v) is 5.07. The molecule has 19 heavy (non-hydrogen) atoms. The van der Waals surface area contributed by atoms with E-state index in [4.69, 9.17) is 23.2 Å². The Labute approximate surface area is 120 Å². The molecule has 1 fully saturated rings. The van der Waals surface area contributed by atoms with Crippen LogP contribution in [-0.2, 0) is 9.59 Å². The van der Waals surface area contributed by atoms with Crippen molar-refractivity contribution in [2.45, 2.75) is 12.8 Å². The van der Waals surface area contributed by atoms with E-state index in [0.29, 0.717) is 18.7 Å². The standard InChI is InChI=1S/C12H12Cl2N2O3/c13-8-4-7(5-9(14)12(8)19)15-10(17)6-16-3-1-2-11(16)18/h4-5,19H,1-3,6H2,(H,15,17). The van der Waals surface area contributed by atoms with Crippen LogP contribution in [0.1, 0.15) is 12.8 Å². The van der Waals surface area contributed by atoms with Crippen LogP contribution < -0.4 is 5.32 Å². The molecule has 2 rings (SSSR count). The van der Waals surface area contributed by atoms with Gasteiger partial charge in [0.05, 0.1) is 16.6 Å². The van der Waals surface area contributed by atoms with Gasteiger partial charge in [0.1, 0.15) is 0 Å². The quantitative estimate of drug-likeness (QED) is 0.842. The molecule has 2 N–H and O–H groups in total. The summed E-state index contributed by atoms with van der Waals surface area (Å²) in [5.41, 5.74) is 0.379. The first kappa shape index (κ1) is 14.0. The van der Waals surface area contributed by atoms with Crippen LogP contribution in [0.3, 0.4) is 0 Å². The van der Waals surface area contributed by atoms with Gasteiger partial charge in [-0.05, 0) is 18.6 Å². The molecule has 0 bridgehead atoms. The number of aromatic hydroxyl groups is 1. The molecular weight excluding hydrogens is 291 g/mol. The normalized spacial score (nSPS) is 14.8. The van der Waals surface area contributed by atoms with E-state index < -0.39 is 0 Å². The zero-order valence-electron chi connectivity index (χ0n) is 9.95. The van der Waals surface area contributed by atoms with Gasteiger partial charge in [0, 0.05) is 18.7 Å². The van der Waals surface area contributed by atoms with E-state index >= 15 is 0 Å². The Kier molecular flexibility index (Phi) is 4.17. The molecule has 0 atom stereocenters. The number of phenolic OH excluding ortho intramolecular Hbond substituents is 1. The van der Waals surface area contributed by atoms with Crippen LogP contribution in [0.5, 0.6) is 5.75 Å². The van der Waals surface area contributed by atoms with Crippen LogP contribution in [-0.4, -0.2) is 34.9 Å². The lowest BCUT2D eigenvalue weighted by Gasteiger charge is -2.15. The highest BCUT2D eigenvalue weighted by Gasteiger charge is 2.22. The third-order valence-electron chi connectivity index (χ3n) is 2.81. The van der Waals surface area contributed by atoms with Gasteiger partial charge in [0.15, 0.2) is 5.75 Å². The predicted octanol–water partition coefficient (Wildman–Crippen LogP) is 2.26. The second kappa shape index (κ2) is 5.67. The van der Waals surface area contributed by atoms with Crippen molar-refractivity contribution in [3.05, 3.63) is 22.2 Å². The lowest BCUT2D eigenvalue weighted by molar-refractivity contribution is -0.131. The van der Waals surface area contributed by atoms with Crippen LogP contribution in [0, 0.1) is 0 Å². The number of hydrogen-bond donors (Lipinski definition) is 2. The third-order valence-corrected chi connectivity index (χ3v) is 3.38. The molecule has 0 spiro atoms. The number of nitrogens with one attached hydrogen (secondary N) is 1. The van der Waals surface area contributed by atoms with E-state index in [1.807, 2.05) is 0 Å². The van der Waals surface area contributed by atoms with Gasteiger partial charge < -0.3 is 15.3 Å². The number of carbonyl (C=O) groups is 2. The Morgan fingerprint density at radius 2 is 2.00 bits per heavy atom. The Morgan fingerprint density at radius 3 is 2.53 bits per heavy atom.